The van der Waals surface area contributed by atoms with Crippen LogP contribution in [-0.2, 0) is 10.0 Å². The van der Waals surface area contributed by atoms with Crippen LogP contribution in [0.2, 0.25) is 5.02 Å². The number of hydrogen-bond acceptors (Lipinski definition) is 3. The Morgan fingerprint density at radius 2 is 1.86 bits per heavy atom. The first-order valence-electron chi connectivity index (χ1n) is 7.38. The van der Waals surface area contributed by atoms with Gasteiger partial charge in [-0.1, -0.05) is 43.4 Å². The molecule has 1 saturated carbocycles. The Morgan fingerprint density at radius 1 is 1.24 bits per heavy atom. The molecule has 0 heterocycles. The highest BCUT2D eigenvalue weighted by Crippen LogP contribution is 2.26. The monoisotopic (exact) mass is 330 g/mol. The molecule has 0 aliphatic heterocycles. The van der Waals surface area contributed by atoms with Gasteiger partial charge < -0.3 is 5.73 Å². The van der Waals surface area contributed by atoms with Gasteiger partial charge in [-0.15, -0.1) is 0 Å². The van der Waals surface area contributed by atoms with E-state index in [1.807, 2.05) is 0 Å². The van der Waals surface area contributed by atoms with Crippen LogP contribution < -0.4 is 10.5 Å². The Hall–Kier alpha value is -0.620. The first-order valence-corrected chi connectivity index (χ1v) is 9.24. The fourth-order valence-electron chi connectivity index (χ4n) is 2.80. The minimum absolute atomic E-state index is 0.229. The number of hydrogen-bond donors (Lipinski definition) is 2. The van der Waals surface area contributed by atoms with Crippen molar-refractivity contribution in [1.29, 1.82) is 0 Å². The largest absolute Gasteiger partial charge is 0.324 e. The summed E-state index contributed by atoms with van der Waals surface area (Å²) in [6, 6.07) is 4.90. The van der Waals surface area contributed by atoms with E-state index < -0.39 is 15.6 Å². The molecular formula is C15H23ClN2O2S. The van der Waals surface area contributed by atoms with Crippen LogP contribution >= 0.6 is 11.6 Å². The molecule has 1 aliphatic rings. The van der Waals surface area contributed by atoms with Crippen LogP contribution in [0.25, 0.3) is 0 Å². The van der Waals surface area contributed by atoms with Gasteiger partial charge in [-0.3, -0.25) is 0 Å². The third kappa shape index (κ3) is 4.19. The third-order valence-corrected chi connectivity index (χ3v) is 6.18. The van der Waals surface area contributed by atoms with Crippen molar-refractivity contribution < 1.29 is 8.42 Å². The van der Waals surface area contributed by atoms with Crippen molar-refractivity contribution in [3.05, 3.63) is 28.8 Å². The maximum atomic E-state index is 12.5. The summed E-state index contributed by atoms with van der Waals surface area (Å²) in [6.07, 6.45) is 6.22. The van der Waals surface area contributed by atoms with Crippen LogP contribution in [0, 0.1) is 6.92 Å². The Labute approximate surface area is 132 Å². The fraction of sp³-hybridized carbons (Fsp3) is 0.600. The molecule has 3 N–H and O–H groups in total. The highest BCUT2D eigenvalue weighted by molar-refractivity contribution is 7.89. The molecule has 0 bridgehead atoms. The number of nitrogens with two attached hydrogens (primary N) is 1. The average molecular weight is 331 g/mol. The molecule has 4 nitrogen and oxygen atoms in total. The Kier molecular flexibility index (Phi) is 5.30. The molecule has 0 amide bonds. The van der Waals surface area contributed by atoms with Crippen LogP contribution in [-0.4, -0.2) is 20.5 Å². The maximum absolute atomic E-state index is 12.5. The molecule has 21 heavy (non-hydrogen) atoms. The lowest BCUT2D eigenvalue weighted by Gasteiger charge is -2.28. The molecule has 0 unspecified atom stereocenters. The Morgan fingerprint density at radius 3 is 2.48 bits per heavy atom. The van der Waals surface area contributed by atoms with Crippen molar-refractivity contribution in [3.8, 4) is 0 Å². The summed E-state index contributed by atoms with van der Waals surface area (Å²) < 4.78 is 27.6. The zero-order chi connectivity index (χ0) is 15.5. The molecule has 0 spiro atoms. The molecule has 1 aromatic rings. The van der Waals surface area contributed by atoms with Gasteiger partial charge in [-0.2, -0.15) is 0 Å². The molecule has 6 heteroatoms. The quantitative estimate of drug-likeness (QED) is 0.834. The van der Waals surface area contributed by atoms with Crippen LogP contribution in [0.15, 0.2) is 23.1 Å². The first-order chi connectivity index (χ1) is 9.84. The molecule has 0 saturated heterocycles. The van der Waals surface area contributed by atoms with Gasteiger partial charge in [0.25, 0.3) is 0 Å². The third-order valence-electron chi connectivity index (χ3n) is 4.22. The number of benzene rings is 1. The lowest BCUT2D eigenvalue weighted by Crippen LogP contribution is -2.49. The molecular weight excluding hydrogens is 308 g/mol. The maximum Gasteiger partial charge on any atom is 0.240 e. The predicted octanol–water partition coefficient (Wildman–Crippen LogP) is 2.98. The van der Waals surface area contributed by atoms with E-state index in [-0.39, 0.29) is 11.4 Å². The van der Waals surface area contributed by atoms with E-state index in [2.05, 4.69) is 4.72 Å². The number of sulfonamides is 1. The summed E-state index contributed by atoms with van der Waals surface area (Å²) in [5.41, 5.74) is 6.49. The molecule has 1 fully saturated rings. The van der Waals surface area contributed by atoms with Crippen molar-refractivity contribution in [1.82, 2.24) is 4.72 Å². The second-order valence-corrected chi connectivity index (χ2v) is 8.11. The van der Waals surface area contributed by atoms with Gasteiger partial charge in [-0.25, -0.2) is 13.1 Å². The van der Waals surface area contributed by atoms with E-state index in [4.69, 9.17) is 17.3 Å². The van der Waals surface area contributed by atoms with E-state index in [1.165, 1.54) is 12.8 Å². The average Bonchev–Trinajstić information content (AvgIpc) is 2.65. The van der Waals surface area contributed by atoms with Gasteiger partial charge >= 0.3 is 0 Å². The SMILES string of the molecule is Cc1c(Cl)cccc1S(=O)(=O)NCC1(N)CCCCCC1. The van der Waals surface area contributed by atoms with Crippen molar-refractivity contribution in [2.45, 2.75) is 55.9 Å². The van der Waals surface area contributed by atoms with Gasteiger partial charge in [0, 0.05) is 17.1 Å². The lowest BCUT2D eigenvalue weighted by molar-refractivity contribution is 0.369. The van der Waals surface area contributed by atoms with Crippen LogP contribution in [0.3, 0.4) is 0 Å². The normalized spacial score (nSPS) is 19.2. The second kappa shape index (κ2) is 6.65. The number of rotatable bonds is 4. The summed E-state index contributed by atoms with van der Waals surface area (Å²) in [5, 5.41) is 0.454. The molecule has 0 atom stereocenters. The van der Waals surface area contributed by atoms with E-state index in [9.17, 15) is 8.42 Å². The minimum Gasteiger partial charge on any atom is -0.324 e. The van der Waals surface area contributed by atoms with E-state index in [0.717, 1.165) is 25.7 Å². The van der Waals surface area contributed by atoms with Gasteiger partial charge in [0.15, 0.2) is 0 Å². The molecule has 0 aromatic heterocycles. The molecule has 0 radical (unpaired) electrons. The summed E-state index contributed by atoms with van der Waals surface area (Å²) >= 11 is 6.00. The van der Waals surface area contributed by atoms with Crippen LogP contribution in [0.5, 0.6) is 0 Å². The minimum atomic E-state index is -3.58. The van der Waals surface area contributed by atoms with Crippen LogP contribution in [0.4, 0.5) is 0 Å². The summed E-state index contributed by atoms with van der Waals surface area (Å²) in [6.45, 7) is 1.99. The number of halogens is 1. The van der Waals surface area contributed by atoms with Crippen molar-refractivity contribution in [3.63, 3.8) is 0 Å². The standard InChI is InChI=1S/C15H23ClN2O2S/c1-12-13(16)7-6-8-14(12)21(19,20)18-11-15(17)9-4-2-3-5-10-15/h6-8,18H,2-5,9-11,17H2,1H3. The van der Waals surface area contributed by atoms with E-state index in [0.29, 0.717) is 10.6 Å². The molecule has 2 rings (SSSR count). The molecule has 118 valence electrons. The zero-order valence-corrected chi connectivity index (χ0v) is 13.9. The van der Waals surface area contributed by atoms with Crippen molar-refractivity contribution in [2.24, 2.45) is 5.73 Å². The van der Waals surface area contributed by atoms with Gasteiger partial charge in [-0.05, 0) is 37.5 Å². The Bertz CT molecular complexity index is 594. The Balaban J connectivity index is 2.12. The summed E-state index contributed by atoms with van der Waals surface area (Å²) in [7, 11) is -3.58. The zero-order valence-electron chi connectivity index (χ0n) is 12.4. The second-order valence-electron chi connectivity index (χ2n) is 5.96. The highest BCUT2D eigenvalue weighted by atomic mass is 35.5. The van der Waals surface area contributed by atoms with Crippen LogP contribution in [0.1, 0.15) is 44.1 Å². The first kappa shape index (κ1) is 16.7. The van der Waals surface area contributed by atoms with Crippen molar-refractivity contribution >= 4 is 21.6 Å². The van der Waals surface area contributed by atoms with Gasteiger partial charge in [0.1, 0.15) is 0 Å². The highest BCUT2D eigenvalue weighted by Gasteiger charge is 2.29. The molecule has 1 aromatic carbocycles. The predicted molar refractivity (Wildman–Crippen MR) is 86.0 cm³/mol. The van der Waals surface area contributed by atoms with E-state index >= 15 is 0 Å². The van der Waals surface area contributed by atoms with Gasteiger partial charge in [0.05, 0.1) is 4.90 Å². The lowest BCUT2D eigenvalue weighted by atomic mass is 9.92. The van der Waals surface area contributed by atoms with Crippen molar-refractivity contribution in [2.75, 3.05) is 6.54 Å². The number of nitrogens with one attached hydrogen (secondary N) is 1. The summed E-state index contributed by atoms with van der Waals surface area (Å²) in [5.74, 6) is 0. The fourth-order valence-corrected chi connectivity index (χ4v) is 4.44. The molecule has 1 aliphatic carbocycles. The topological polar surface area (TPSA) is 72.2 Å². The summed E-state index contributed by atoms with van der Waals surface area (Å²) in [4.78, 5) is 0.229. The van der Waals surface area contributed by atoms with Gasteiger partial charge in [0.2, 0.25) is 10.0 Å². The van der Waals surface area contributed by atoms with E-state index in [1.54, 1.807) is 25.1 Å². The smallest absolute Gasteiger partial charge is 0.240 e.